The smallest absolute Gasteiger partial charge is 0.222 e. The van der Waals surface area contributed by atoms with E-state index in [1.165, 1.54) is 0 Å². The van der Waals surface area contributed by atoms with Crippen LogP contribution in [0.1, 0.15) is 38.5 Å². The monoisotopic (exact) mass is 212 g/mol. The lowest BCUT2D eigenvalue weighted by atomic mass is 9.95. The summed E-state index contributed by atoms with van der Waals surface area (Å²) in [7, 11) is 1.67. The molecule has 1 rings (SSSR count). The molecular weight excluding hydrogens is 192 g/mol. The fraction of sp³-hybridized carbons (Fsp3) is 0.818. The average Bonchev–Trinajstić information content (AvgIpc) is 2.25. The molecular formula is C11H20N2O2. The van der Waals surface area contributed by atoms with E-state index in [2.05, 4.69) is 10.6 Å². The molecule has 4 nitrogen and oxygen atoms in total. The van der Waals surface area contributed by atoms with Gasteiger partial charge in [-0.1, -0.05) is 12.8 Å². The second-order valence-corrected chi connectivity index (χ2v) is 4.05. The number of rotatable bonds is 1. The van der Waals surface area contributed by atoms with Crippen LogP contribution in [0.25, 0.3) is 0 Å². The van der Waals surface area contributed by atoms with Gasteiger partial charge in [-0.15, -0.1) is 0 Å². The molecule has 0 aromatic carbocycles. The van der Waals surface area contributed by atoms with E-state index in [0.717, 1.165) is 32.1 Å². The molecule has 1 fully saturated rings. The lowest BCUT2D eigenvalue weighted by Gasteiger charge is -2.17. The maximum Gasteiger partial charge on any atom is 0.222 e. The minimum absolute atomic E-state index is 0.0633. The van der Waals surface area contributed by atoms with Gasteiger partial charge in [-0.2, -0.15) is 0 Å². The molecule has 0 bridgehead atoms. The highest BCUT2D eigenvalue weighted by atomic mass is 16.2. The minimum atomic E-state index is 0.0633. The van der Waals surface area contributed by atoms with Crippen molar-refractivity contribution < 1.29 is 9.59 Å². The van der Waals surface area contributed by atoms with Crippen LogP contribution in [0.3, 0.4) is 0 Å². The van der Waals surface area contributed by atoms with E-state index >= 15 is 0 Å². The van der Waals surface area contributed by atoms with Crippen LogP contribution in [-0.2, 0) is 9.59 Å². The van der Waals surface area contributed by atoms with Crippen molar-refractivity contribution in [3.05, 3.63) is 0 Å². The van der Waals surface area contributed by atoms with E-state index in [-0.39, 0.29) is 17.7 Å². The predicted octanol–water partition coefficient (Wildman–Crippen LogP) is 0.819. The number of hydrogen-bond donors (Lipinski definition) is 2. The third-order valence-electron chi connectivity index (χ3n) is 2.89. The number of nitrogens with one attached hydrogen (secondary N) is 2. The first-order valence-electron chi connectivity index (χ1n) is 5.72. The largest absolute Gasteiger partial charge is 0.359 e. The molecule has 0 aromatic heterocycles. The molecule has 1 saturated heterocycles. The van der Waals surface area contributed by atoms with E-state index in [9.17, 15) is 9.59 Å². The summed E-state index contributed by atoms with van der Waals surface area (Å²) in [6.45, 7) is 0.622. The first kappa shape index (κ1) is 12.0. The third kappa shape index (κ3) is 4.32. The van der Waals surface area contributed by atoms with E-state index in [0.29, 0.717) is 13.0 Å². The van der Waals surface area contributed by atoms with Gasteiger partial charge < -0.3 is 10.6 Å². The van der Waals surface area contributed by atoms with Gasteiger partial charge in [0.15, 0.2) is 0 Å². The summed E-state index contributed by atoms with van der Waals surface area (Å²) >= 11 is 0. The highest BCUT2D eigenvalue weighted by Gasteiger charge is 2.17. The Hall–Kier alpha value is -1.06. The lowest BCUT2D eigenvalue weighted by Crippen LogP contribution is -2.32. The zero-order chi connectivity index (χ0) is 11.1. The second-order valence-electron chi connectivity index (χ2n) is 4.05. The Kier molecular flexibility index (Phi) is 5.15. The van der Waals surface area contributed by atoms with Crippen LogP contribution in [0.15, 0.2) is 0 Å². The van der Waals surface area contributed by atoms with E-state index < -0.39 is 0 Å². The maximum atomic E-state index is 11.5. The molecule has 0 saturated carbocycles. The molecule has 1 aliphatic heterocycles. The van der Waals surface area contributed by atoms with Crippen molar-refractivity contribution in [3.8, 4) is 0 Å². The van der Waals surface area contributed by atoms with Gasteiger partial charge in [-0.05, 0) is 19.3 Å². The van der Waals surface area contributed by atoms with Crippen LogP contribution in [0, 0.1) is 5.92 Å². The quantitative estimate of drug-likeness (QED) is 0.676. The van der Waals surface area contributed by atoms with E-state index in [1.54, 1.807) is 7.05 Å². The van der Waals surface area contributed by atoms with Crippen LogP contribution in [0.5, 0.6) is 0 Å². The van der Waals surface area contributed by atoms with Crippen LogP contribution in [0.4, 0.5) is 0 Å². The van der Waals surface area contributed by atoms with E-state index in [4.69, 9.17) is 0 Å². The summed E-state index contributed by atoms with van der Waals surface area (Å²) < 4.78 is 0. The Balaban J connectivity index is 2.43. The second kappa shape index (κ2) is 6.43. The zero-order valence-corrected chi connectivity index (χ0v) is 9.34. The molecule has 1 heterocycles. The van der Waals surface area contributed by atoms with E-state index in [1.807, 2.05) is 0 Å². The van der Waals surface area contributed by atoms with Gasteiger partial charge in [0, 0.05) is 25.9 Å². The molecule has 0 aliphatic carbocycles. The normalized spacial score (nSPS) is 24.1. The van der Waals surface area contributed by atoms with Gasteiger partial charge in [0.05, 0.1) is 0 Å². The highest BCUT2D eigenvalue weighted by molar-refractivity contribution is 5.78. The van der Waals surface area contributed by atoms with Gasteiger partial charge in [-0.3, -0.25) is 9.59 Å². The molecule has 1 atom stereocenters. The van der Waals surface area contributed by atoms with Gasteiger partial charge in [0.2, 0.25) is 11.8 Å². The Labute approximate surface area is 90.8 Å². The SMILES string of the molecule is CNC(=O)C1CCCCCC(=O)NCC1. The molecule has 0 spiro atoms. The summed E-state index contributed by atoms with van der Waals surface area (Å²) in [5.41, 5.74) is 0. The van der Waals surface area contributed by atoms with Crippen molar-refractivity contribution in [2.75, 3.05) is 13.6 Å². The molecule has 15 heavy (non-hydrogen) atoms. The topological polar surface area (TPSA) is 58.2 Å². The van der Waals surface area contributed by atoms with Gasteiger partial charge in [0.25, 0.3) is 0 Å². The Morgan fingerprint density at radius 2 is 2.13 bits per heavy atom. The first-order valence-corrected chi connectivity index (χ1v) is 5.72. The van der Waals surface area contributed by atoms with Crippen molar-refractivity contribution >= 4 is 11.8 Å². The summed E-state index contributed by atoms with van der Waals surface area (Å²) in [6.07, 6.45) is 5.35. The fourth-order valence-corrected chi connectivity index (χ4v) is 1.94. The molecule has 0 aromatic rings. The Bertz CT molecular complexity index is 229. The van der Waals surface area contributed by atoms with Gasteiger partial charge >= 0.3 is 0 Å². The third-order valence-corrected chi connectivity index (χ3v) is 2.89. The Morgan fingerprint density at radius 3 is 2.87 bits per heavy atom. The van der Waals surface area contributed by atoms with Crippen molar-refractivity contribution in [1.82, 2.24) is 10.6 Å². The van der Waals surface area contributed by atoms with Crippen LogP contribution >= 0.6 is 0 Å². The predicted molar refractivity (Wildman–Crippen MR) is 58.3 cm³/mol. The zero-order valence-electron chi connectivity index (χ0n) is 9.34. The van der Waals surface area contributed by atoms with Crippen LogP contribution in [0.2, 0.25) is 0 Å². The van der Waals surface area contributed by atoms with Crippen LogP contribution < -0.4 is 10.6 Å². The molecule has 2 amide bonds. The van der Waals surface area contributed by atoms with Crippen molar-refractivity contribution in [2.24, 2.45) is 5.92 Å². The lowest BCUT2D eigenvalue weighted by molar-refractivity contribution is -0.126. The molecule has 1 aliphatic rings. The number of carbonyl (C=O) groups is 2. The number of hydrogen-bond acceptors (Lipinski definition) is 2. The van der Waals surface area contributed by atoms with Gasteiger partial charge in [-0.25, -0.2) is 0 Å². The average molecular weight is 212 g/mol. The van der Waals surface area contributed by atoms with Crippen molar-refractivity contribution in [3.63, 3.8) is 0 Å². The number of amides is 2. The number of carbonyl (C=O) groups excluding carboxylic acids is 2. The molecule has 4 heteroatoms. The highest BCUT2D eigenvalue weighted by Crippen LogP contribution is 2.15. The first-order chi connectivity index (χ1) is 7.24. The summed E-state index contributed by atoms with van der Waals surface area (Å²) in [5.74, 6) is 0.283. The summed E-state index contributed by atoms with van der Waals surface area (Å²) in [6, 6.07) is 0. The summed E-state index contributed by atoms with van der Waals surface area (Å²) in [4.78, 5) is 22.7. The maximum absolute atomic E-state index is 11.5. The molecule has 1 unspecified atom stereocenters. The molecule has 2 N–H and O–H groups in total. The fourth-order valence-electron chi connectivity index (χ4n) is 1.94. The summed E-state index contributed by atoms with van der Waals surface area (Å²) in [5, 5.41) is 5.52. The van der Waals surface area contributed by atoms with Crippen LogP contribution in [-0.4, -0.2) is 25.4 Å². The molecule has 0 radical (unpaired) electrons. The molecule has 86 valence electrons. The standard InChI is InChI=1S/C11H20N2O2/c1-12-11(15)9-5-3-2-4-6-10(14)13-8-7-9/h9H,2-8H2,1H3,(H,12,15)(H,13,14). The van der Waals surface area contributed by atoms with Crippen molar-refractivity contribution in [1.29, 1.82) is 0 Å². The van der Waals surface area contributed by atoms with Crippen molar-refractivity contribution in [2.45, 2.75) is 38.5 Å². The Morgan fingerprint density at radius 1 is 1.33 bits per heavy atom. The van der Waals surface area contributed by atoms with Gasteiger partial charge in [0.1, 0.15) is 0 Å². The minimum Gasteiger partial charge on any atom is -0.359 e.